The summed E-state index contributed by atoms with van der Waals surface area (Å²) in [7, 11) is 1.59. The number of hydrogen-bond donors (Lipinski definition) is 1. The topological polar surface area (TPSA) is 55.6 Å². The zero-order chi connectivity index (χ0) is 11.3. The highest BCUT2D eigenvalue weighted by Gasteiger charge is 2.39. The Hall–Kier alpha value is -1.71. The number of hydrogen-bond acceptors (Lipinski definition) is 3. The molecule has 0 spiro atoms. The van der Waals surface area contributed by atoms with Crippen LogP contribution in [0.15, 0.2) is 12.1 Å². The maximum absolute atomic E-state index is 12.1. The van der Waals surface area contributed by atoms with E-state index in [2.05, 4.69) is 0 Å². The minimum atomic E-state index is 0.121. The van der Waals surface area contributed by atoms with Crippen LogP contribution >= 0.6 is 0 Å². The highest BCUT2D eigenvalue weighted by Crippen LogP contribution is 2.40. The number of carbonyl (C=O) groups is 1. The summed E-state index contributed by atoms with van der Waals surface area (Å²) in [6, 6.07) is 3.98. The highest BCUT2D eigenvalue weighted by atomic mass is 16.5. The van der Waals surface area contributed by atoms with Crippen molar-refractivity contribution < 1.29 is 9.53 Å². The molecule has 1 fully saturated rings. The monoisotopic (exact) mass is 218 g/mol. The second-order valence-electron chi connectivity index (χ2n) is 4.38. The number of nitrogen functional groups attached to an aromatic ring is 1. The van der Waals surface area contributed by atoms with E-state index in [0.29, 0.717) is 24.0 Å². The Balaban J connectivity index is 2.07. The molecule has 1 heterocycles. The minimum Gasteiger partial charge on any atom is -0.494 e. The number of nitrogens with zero attached hydrogens (tertiary/aromatic N) is 1. The largest absolute Gasteiger partial charge is 0.494 e. The van der Waals surface area contributed by atoms with E-state index in [0.717, 1.165) is 24.0 Å². The van der Waals surface area contributed by atoms with Gasteiger partial charge < -0.3 is 15.4 Å². The number of benzene rings is 1. The van der Waals surface area contributed by atoms with Gasteiger partial charge in [0.1, 0.15) is 5.75 Å². The first-order valence-electron chi connectivity index (χ1n) is 5.48. The zero-order valence-electron chi connectivity index (χ0n) is 9.19. The van der Waals surface area contributed by atoms with Crippen molar-refractivity contribution in [3.63, 3.8) is 0 Å². The number of ether oxygens (including phenoxy) is 1. The maximum Gasteiger partial charge on any atom is 0.254 e. The van der Waals surface area contributed by atoms with Gasteiger partial charge in [-0.1, -0.05) is 0 Å². The molecule has 0 radical (unpaired) electrons. The van der Waals surface area contributed by atoms with Crippen molar-refractivity contribution in [3.8, 4) is 5.75 Å². The first kappa shape index (κ1) is 9.51. The van der Waals surface area contributed by atoms with Crippen molar-refractivity contribution in [2.45, 2.75) is 25.4 Å². The first-order valence-corrected chi connectivity index (χ1v) is 5.48. The molecular weight excluding hydrogens is 204 g/mol. The number of methoxy groups -OCH3 is 1. The lowest BCUT2D eigenvalue weighted by Crippen LogP contribution is -2.25. The molecule has 0 unspecified atom stereocenters. The van der Waals surface area contributed by atoms with Crippen molar-refractivity contribution in [1.82, 2.24) is 4.90 Å². The molecule has 3 rings (SSSR count). The highest BCUT2D eigenvalue weighted by molar-refractivity contribution is 6.00. The van der Waals surface area contributed by atoms with Gasteiger partial charge in [0.25, 0.3) is 5.91 Å². The predicted octanol–water partition coefficient (Wildman–Crippen LogP) is 1.40. The van der Waals surface area contributed by atoms with Gasteiger partial charge in [-0.3, -0.25) is 4.79 Å². The van der Waals surface area contributed by atoms with Gasteiger partial charge in [-0.25, -0.2) is 0 Å². The second kappa shape index (κ2) is 3.14. The number of rotatable bonds is 2. The van der Waals surface area contributed by atoms with Crippen LogP contribution in [0.4, 0.5) is 5.69 Å². The second-order valence-corrected chi connectivity index (χ2v) is 4.38. The molecule has 2 aliphatic rings. The van der Waals surface area contributed by atoms with E-state index in [-0.39, 0.29) is 5.91 Å². The number of amides is 1. The third-order valence-electron chi connectivity index (χ3n) is 3.30. The van der Waals surface area contributed by atoms with Gasteiger partial charge in [0, 0.05) is 17.2 Å². The lowest BCUT2D eigenvalue weighted by atomic mass is 10.1. The molecule has 1 saturated carbocycles. The van der Waals surface area contributed by atoms with Crippen LogP contribution < -0.4 is 10.5 Å². The smallest absolute Gasteiger partial charge is 0.254 e. The van der Waals surface area contributed by atoms with Crippen LogP contribution in [0.3, 0.4) is 0 Å². The summed E-state index contributed by atoms with van der Waals surface area (Å²) in [5.74, 6) is 0.782. The summed E-state index contributed by atoms with van der Waals surface area (Å²) in [4.78, 5) is 14.0. The normalized spacial score (nSPS) is 18.8. The molecule has 84 valence electrons. The number of nitrogens with two attached hydrogens (primary N) is 1. The fraction of sp³-hybridized carbons (Fsp3) is 0.417. The summed E-state index contributed by atoms with van der Waals surface area (Å²) in [6.45, 7) is 0.646. The van der Waals surface area contributed by atoms with Gasteiger partial charge in [-0.2, -0.15) is 0 Å². The fourth-order valence-corrected chi connectivity index (χ4v) is 2.32. The molecule has 1 aliphatic carbocycles. The van der Waals surface area contributed by atoms with E-state index >= 15 is 0 Å². The molecule has 1 aliphatic heterocycles. The first-order chi connectivity index (χ1) is 7.72. The standard InChI is InChI=1S/C12H14N2O2/c1-16-11-9-6-14(7-2-3-7)12(15)8(9)4-5-10(11)13/h4-5,7H,2-3,6,13H2,1H3. The Morgan fingerprint density at radius 2 is 2.19 bits per heavy atom. The van der Waals surface area contributed by atoms with E-state index in [4.69, 9.17) is 10.5 Å². The maximum atomic E-state index is 12.1. The van der Waals surface area contributed by atoms with Crippen LogP contribution in [0, 0.1) is 0 Å². The number of anilines is 1. The molecule has 1 amide bonds. The van der Waals surface area contributed by atoms with Crippen molar-refractivity contribution >= 4 is 11.6 Å². The lowest BCUT2D eigenvalue weighted by Gasteiger charge is -2.13. The Kier molecular flexibility index (Phi) is 1.87. The lowest BCUT2D eigenvalue weighted by molar-refractivity contribution is 0.0766. The zero-order valence-corrected chi connectivity index (χ0v) is 9.19. The summed E-state index contributed by atoms with van der Waals surface area (Å²) in [5, 5.41) is 0. The average Bonchev–Trinajstić information content (AvgIpc) is 3.05. The molecule has 1 aromatic carbocycles. The van der Waals surface area contributed by atoms with Gasteiger partial charge in [0.2, 0.25) is 0 Å². The molecule has 0 bridgehead atoms. The van der Waals surface area contributed by atoms with Gasteiger partial charge in [0.05, 0.1) is 19.3 Å². The van der Waals surface area contributed by atoms with Gasteiger partial charge in [-0.05, 0) is 25.0 Å². The molecule has 4 nitrogen and oxygen atoms in total. The van der Waals surface area contributed by atoms with E-state index in [1.807, 2.05) is 4.90 Å². The predicted molar refractivity (Wildman–Crippen MR) is 60.3 cm³/mol. The molecule has 0 aromatic heterocycles. The molecule has 0 atom stereocenters. The number of carbonyl (C=O) groups excluding carboxylic acids is 1. The Bertz CT molecular complexity index is 466. The van der Waals surface area contributed by atoms with Crippen LogP contribution in [0.5, 0.6) is 5.75 Å². The van der Waals surface area contributed by atoms with Crippen molar-refractivity contribution in [1.29, 1.82) is 0 Å². The van der Waals surface area contributed by atoms with Gasteiger partial charge >= 0.3 is 0 Å². The van der Waals surface area contributed by atoms with Crippen molar-refractivity contribution in [2.75, 3.05) is 12.8 Å². The van der Waals surface area contributed by atoms with E-state index in [1.165, 1.54) is 0 Å². The quantitative estimate of drug-likeness (QED) is 0.763. The van der Waals surface area contributed by atoms with E-state index < -0.39 is 0 Å². The van der Waals surface area contributed by atoms with E-state index in [9.17, 15) is 4.79 Å². The summed E-state index contributed by atoms with van der Waals surface area (Å²) >= 11 is 0. The van der Waals surface area contributed by atoms with Crippen LogP contribution in [-0.4, -0.2) is 24.0 Å². The summed E-state index contributed by atoms with van der Waals surface area (Å²) < 4.78 is 5.28. The van der Waals surface area contributed by atoms with Gasteiger partial charge in [0.15, 0.2) is 0 Å². The fourth-order valence-electron chi connectivity index (χ4n) is 2.32. The molecule has 0 saturated heterocycles. The van der Waals surface area contributed by atoms with E-state index in [1.54, 1.807) is 19.2 Å². The van der Waals surface area contributed by atoms with Crippen LogP contribution in [0.2, 0.25) is 0 Å². The summed E-state index contributed by atoms with van der Waals surface area (Å²) in [6.07, 6.45) is 2.25. The van der Waals surface area contributed by atoms with Crippen LogP contribution in [0.1, 0.15) is 28.8 Å². The molecule has 4 heteroatoms. The van der Waals surface area contributed by atoms with Crippen LogP contribution in [-0.2, 0) is 6.54 Å². The number of fused-ring (bicyclic) bond motifs is 1. The molecule has 1 aromatic rings. The molecule has 16 heavy (non-hydrogen) atoms. The SMILES string of the molecule is COc1c(N)ccc2c1CN(C1CC1)C2=O. The average molecular weight is 218 g/mol. The molecular formula is C12H14N2O2. The van der Waals surface area contributed by atoms with Crippen molar-refractivity contribution in [3.05, 3.63) is 23.3 Å². The van der Waals surface area contributed by atoms with Crippen LogP contribution in [0.25, 0.3) is 0 Å². The Morgan fingerprint density at radius 3 is 2.81 bits per heavy atom. The Labute approximate surface area is 94.0 Å². The Morgan fingerprint density at radius 1 is 1.44 bits per heavy atom. The van der Waals surface area contributed by atoms with Crippen molar-refractivity contribution in [2.24, 2.45) is 0 Å². The third-order valence-corrected chi connectivity index (χ3v) is 3.30. The third kappa shape index (κ3) is 1.19. The molecule has 2 N–H and O–H groups in total. The van der Waals surface area contributed by atoms with Gasteiger partial charge in [-0.15, -0.1) is 0 Å². The summed E-state index contributed by atoms with van der Waals surface area (Å²) in [5.41, 5.74) is 8.13. The minimum absolute atomic E-state index is 0.121.